The number of carboxylic acids is 3. The fraction of sp³-hybridized carbons (Fsp3) is 0.250. The number of amides is 2. The van der Waals surface area contributed by atoms with Gasteiger partial charge in [0.2, 0.25) is 17.7 Å². The maximum Gasteiger partial charge on any atom is 0.416 e. The van der Waals surface area contributed by atoms with E-state index < -0.39 is 113 Å². The Morgan fingerprint density at radius 2 is 1.41 bits per heavy atom. The number of nitrogens with one attached hydrogen (secondary N) is 2. The van der Waals surface area contributed by atoms with E-state index in [9.17, 15) is 67.7 Å². The number of carbonyl (C=O) groups is 5. The topological polar surface area (TPSA) is 330 Å². The number of hydrogen-bond acceptors (Lipinski definition) is 15. The van der Waals surface area contributed by atoms with Crippen LogP contribution in [0.25, 0.3) is 0 Å². The van der Waals surface area contributed by atoms with Crippen molar-refractivity contribution >= 4 is 76.5 Å². The van der Waals surface area contributed by atoms with Crippen molar-refractivity contribution in [1.82, 2.24) is 14.7 Å². The molecule has 0 saturated carbocycles. The minimum Gasteiger partial charge on any atom is -0.480 e. The van der Waals surface area contributed by atoms with Crippen LogP contribution in [0.1, 0.15) is 39.6 Å². The van der Waals surface area contributed by atoms with Gasteiger partial charge in [-0.1, -0.05) is 35.3 Å². The van der Waals surface area contributed by atoms with Crippen LogP contribution in [-0.2, 0) is 35.1 Å². The lowest BCUT2D eigenvalue weighted by Gasteiger charge is -2.13. The minimum absolute atomic E-state index is 0.0246. The number of esters is 1. The second-order valence-corrected chi connectivity index (χ2v) is 17.8. The highest BCUT2D eigenvalue weighted by molar-refractivity contribution is 7.90. The highest BCUT2D eigenvalue weighted by Gasteiger charge is 2.31. The number of urea groups is 1. The molecule has 1 aromatic heterocycles. The lowest BCUT2D eigenvalue weighted by atomic mass is 10.2. The van der Waals surface area contributed by atoms with Crippen LogP contribution in [-0.4, -0.2) is 107 Å². The predicted molar refractivity (Wildman–Crippen MR) is 219 cm³/mol. The Labute approximate surface area is 387 Å². The first-order valence-corrected chi connectivity index (χ1v) is 22.3. The maximum atomic E-state index is 12.7. The molecule has 0 radical (unpaired) electrons. The third-order valence-electron chi connectivity index (χ3n) is 7.41. The highest BCUT2D eigenvalue weighted by Crippen LogP contribution is 2.38. The van der Waals surface area contributed by atoms with Crippen molar-refractivity contribution in [3.05, 3.63) is 93.5 Å². The van der Waals surface area contributed by atoms with Crippen molar-refractivity contribution in [3.63, 3.8) is 0 Å². The number of ether oxygens (including phenoxy) is 4. The molecule has 0 aliphatic rings. The van der Waals surface area contributed by atoms with E-state index >= 15 is 0 Å². The first-order chi connectivity index (χ1) is 31.3. The number of benzene rings is 3. The summed E-state index contributed by atoms with van der Waals surface area (Å²) in [5.41, 5.74) is 3.33. The molecular weight excluding hydrogens is 1030 g/mol. The zero-order valence-corrected chi connectivity index (χ0v) is 37.2. The van der Waals surface area contributed by atoms with Crippen LogP contribution in [0.15, 0.2) is 71.6 Å². The summed E-state index contributed by atoms with van der Waals surface area (Å²) in [6, 6.07) is 8.53. The number of carboxylic acid groups (broad SMARTS) is 3. The van der Waals surface area contributed by atoms with Gasteiger partial charge in [0.1, 0.15) is 22.4 Å². The molecule has 0 fully saturated rings. The van der Waals surface area contributed by atoms with Crippen molar-refractivity contribution in [2.75, 3.05) is 18.1 Å². The van der Waals surface area contributed by atoms with Gasteiger partial charge in [-0.3, -0.25) is 14.7 Å². The van der Waals surface area contributed by atoms with Gasteiger partial charge in [0.15, 0.2) is 13.5 Å². The molecule has 0 aliphatic heterocycles. The molecule has 68 heavy (non-hydrogen) atoms. The maximum absolute atomic E-state index is 12.7. The molecule has 0 aliphatic carbocycles. The molecule has 0 bridgehead atoms. The molecule has 3 atom stereocenters. The van der Waals surface area contributed by atoms with Gasteiger partial charge in [-0.2, -0.15) is 40.7 Å². The Balaban J connectivity index is 0.000000385. The van der Waals surface area contributed by atoms with Gasteiger partial charge in [0.05, 0.1) is 32.8 Å². The zero-order valence-electron chi connectivity index (χ0n) is 34.0. The molecule has 0 saturated heterocycles. The van der Waals surface area contributed by atoms with Crippen molar-refractivity contribution in [1.29, 1.82) is 0 Å². The number of aliphatic carboxylic acids is 2. The molecule has 1 heterocycles. The number of anilines is 1. The van der Waals surface area contributed by atoms with E-state index in [0.717, 1.165) is 37.3 Å². The molecule has 2 unspecified atom stereocenters. The van der Waals surface area contributed by atoms with Gasteiger partial charge >= 0.3 is 49.3 Å². The lowest BCUT2D eigenvalue weighted by molar-refractivity contribution is -0.146. The lowest BCUT2D eigenvalue weighted by Crippen LogP contribution is -2.35. The SMILES string of the molecule is CP(=O)(O)CCC(N)C(=O)O.C[C@H](OC(=O)c1cc(Oc2ccc(C(F)(F)F)cc2Cl)ccc1Cl)C(=O)O.O=C(Nc1nc(OC(F)F)cc(OC(F)F)n1)NS(=O)(=O)c1ccccc1C(=O)O. The molecule has 21 nitrogen and oxygen atoms in total. The van der Waals surface area contributed by atoms with E-state index in [1.54, 1.807) is 5.32 Å². The van der Waals surface area contributed by atoms with E-state index in [-0.39, 0.29) is 39.7 Å². The fourth-order valence-corrected chi connectivity index (χ4v) is 6.61. The molecule has 372 valence electrons. The number of halogens is 9. The summed E-state index contributed by atoms with van der Waals surface area (Å²) < 4.78 is 142. The van der Waals surface area contributed by atoms with Gasteiger partial charge in [-0.05, 0) is 61.9 Å². The molecule has 3 aromatic carbocycles. The summed E-state index contributed by atoms with van der Waals surface area (Å²) in [5.74, 6) is -7.98. The van der Waals surface area contributed by atoms with Crippen LogP contribution in [0.2, 0.25) is 10.0 Å². The van der Waals surface area contributed by atoms with Gasteiger partial charge < -0.3 is 44.9 Å². The second kappa shape index (κ2) is 25.0. The molecule has 4 rings (SSSR count). The minimum atomic E-state index is -4.71. The van der Waals surface area contributed by atoms with Crippen molar-refractivity contribution < 1.29 is 107 Å². The zero-order chi connectivity index (χ0) is 51.9. The summed E-state index contributed by atoms with van der Waals surface area (Å²) in [5, 5.41) is 27.5. The van der Waals surface area contributed by atoms with E-state index in [0.29, 0.717) is 12.1 Å². The van der Waals surface area contributed by atoms with E-state index in [2.05, 4.69) is 19.4 Å². The van der Waals surface area contributed by atoms with Gasteiger partial charge in [0, 0.05) is 12.8 Å². The third kappa shape index (κ3) is 19.8. The Kier molecular flexibility index (Phi) is 21.2. The van der Waals surface area contributed by atoms with Crippen molar-refractivity contribution in [3.8, 4) is 23.3 Å². The first kappa shape index (κ1) is 57.6. The van der Waals surface area contributed by atoms with Crippen molar-refractivity contribution in [2.24, 2.45) is 5.73 Å². The number of aromatic nitrogens is 2. The average Bonchev–Trinajstić information content (AvgIpc) is 3.20. The molecule has 2 amide bonds. The van der Waals surface area contributed by atoms with Gasteiger partial charge in [-0.25, -0.2) is 32.3 Å². The molecule has 32 heteroatoms. The molecular formula is C36H33Cl2F7N5O16PS. The normalized spacial score (nSPS) is 12.9. The number of aromatic carboxylic acids is 1. The van der Waals surface area contributed by atoms with Gasteiger partial charge in [0.25, 0.3) is 10.0 Å². The van der Waals surface area contributed by atoms with Crippen LogP contribution in [0.4, 0.5) is 41.5 Å². The number of sulfonamides is 1. The first-order valence-electron chi connectivity index (χ1n) is 17.8. The summed E-state index contributed by atoms with van der Waals surface area (Å²) in [7, 11) is -7.82. The number of nitrogens with zero attached hydrogens (tertiary/aromatic N) is 2. The number of alkyl halides is 7. The van der Waals surface area contributed by atoms with E-state index in [1.807, 2.05) is 0 Å². The summed E-state index contributed by atoms with van der Waals surface area (Å²) >= 11 is 11.7. The smallest absolute Gasteiger partial charge is 0.416 e. The Bertz CT molecular complexity index is 2600. The van der Waals surface area contributed by atoms with Crippen LogP contribution < -0.4 is 30.0 Å². The predicted octanol–water partition coefficient (Wildman–Crippen LogP) is 7.01. The Hall–Kier alpha value is -6.52. The third-order valence-corrected chi connectivity index (χ3v) is 10.5. The average molecular weight is 1060 g/mol. The van der Waals surface area contributed by atoms with Crippen molar-refractivity contribution in [2.45, 2.75) is 49.8 Å². The number of hydrogen-bond donors (Lipinski definition) is 7. The molecule has 0 spiro atoms. The van der Waals surface area contributed by atoms with Crippen LogP contribution in [0.5, 0.6) is 23.3 Å². The van der Waals surface area contributed by atoms with Crippen LogP contribution in [0, 0.1) is 0 Å². The van der Waals surface area contributed by atoms with E-state index in [1.165, 1.54) is 35.7 Å². The fourth-order valence-electron chi connectivity index (χ4n) is 4.33. The summed E-state index contributed by atoms with van der Waals surface area (Å²) in [6.45, 7) is -4.47. The quantitative estimate of drug-likeness (QED) is 0.0317. The number of nitrogens with two attached hydrogens (primary N) is 1. The summed E-state index contributed by atoms with van der Waals surface area (Å²) in [4.78, 5) is 70.5. The summed E-state index contributed by atoms with van der Waals surface area (Å²) in [6.07, 6.45) is -5.96. The standard InChI is InChI=1S/C17H11Cl2F3O5.C14H10F4N4O7S.C5H12NO4P/c1-8(15(23)24)26-16(25)11-7-10(3-4-12(11)18)27-14-5-2-9(6-13(14)19)17(20,21)22;15-11(16)28-8-5-9(29-12(17)18)20-13(19-8)21-14(25)22-30(26,27)7-4-2-1-3-6(7)10(23)24;1-11(9,10)3-2-4(6)5(7)8/h2-8H,1H3,(H,23,24);1-5,11-12H,(H,23,24)(H2,19,20,21,22,25);4H,2-3,6H2,1H3,(H,7,8)(H,9,10)/t8-;;/m0../s1. The Morgan fingerprint density at radius 1 is 0.838 bits per heavy atom. The largest absolute Gasteiger partial charge is 0.480 e. The molecule has 4 aromatic rings. The van der Waals surface area contributed by atoms with Crippen LogP contribution in [0.3, 0.4) is 0 Å². The van der Waals surface area contributed by atoms with E-state index in [4.69, 9.17) is 58.6 Å². The number of rotatable bonds is 17. The molecule has 8 N–H and O–H groups in total. The highest BCUT2D eigenvalue weighted by atomic mass is 35.5. The number of carbonyl (C=O) groups excluding carboxylic acids is 2. The van der Waals surface area contributed by atoms with Crippen LogP contribution >= 0.6 is 30.6 Å². The monoisotopic (exact) mass is 1060 g/mol. The second-order valence-electron chi connectivity index (χ2n) is 12.8. The Morgan fingerprint density at radius 3 is 1.90 bits per heavy atom. The van der Waals surface area contributed by atoms with Gasteiger partial charge in [-0.15, -0.1) is 0 Å².